The first-order chi connectivity index (χ1) is 8.83. The van der Waals surface area contributed by atoms with Crippen molar-refractivity contribution in [1.82, 2.24) is 9.97 Å². The van der Waals surface area contributed by atoms with Crippen molar-refractivity contribution < 1.29 is 4.39 Å². The van der Waals surface area contributed by atoms with Crippen LogP contribution in [0.2, 0.25) is 0 Å². The van der Waals surface area contributed by atoms with Crippen LogP contribution in [0.15, 0.2) is 48.7 Å². The topological polar surface area (TPSA) is 28.7 Å². The van der Waals surface area contributed by atoms with Crippen molar-refractivity contribution in [2.75, 3.05) is 0 Å². The van der Waals surface area contributed by atoms with Crippen LogP contribution in [0.4, 0.5) is 4.39 Å². The van der Waals surface area contributed by atoms with Crippen LogP contribution in [-0.2, 0) is 0 Å². The van der Waals surface area contributed by atoms with Gasteiger partial charge in [-0.25, -0.2) is 9.37 Å². The maximum Gasteiger partial charge on any atom is 0.138 e. The minimum atomic E-state index is -0.306. The Bertz CT molecular complexity index is 730. The van der Waals surface area contributed by atoms with Gasteiger partial charge in [0.25, 0.3) is 0 Å². The van der Waals surface area contributed by atoms with E-state index in [-0.39, 0.29) is 5.82 Å². The summed E-state index contributed by atoms with van der Waals surface area (Å²) < 4.78 is 13.4. The molecule has 3 heteroatoms. The van der Waals surface area contributed by atoms with Gasteiger partial charge >= 0.3 is 0 Å². The van der Waals surface area contributed by atoms with Crippen molar-refractivity contribution in [3.05, 3.63) is 65.7 Å². The van der Waals surface area contributed by atoms with Crippen molar-refractivity contribution >= 4 is 11.0 Å². The number of benzene rings is 1. The first kappa shape index (κ1) is 10.5. The molecule has 0 aliphatic carbocycles. The van der Waals surface area contributed by atoms with E-state index in [2.05, 4.69) is 21.8 Å². The molecule has 0 saturated heterocycles. The maximum atomic E-state index is 13.4. The highest BCUT2D eigenvalue weighted by Gasteiger charge is 1.98. The Morgan fingerprint density at radius 3 is 2.78 bits per heavy atom. The van der Waals surface area contributed by atoms with Crippen LogP contribution >= 0.6 is 0 Å². The van der Waals surface area contributed by atoms with Crippen LogP contribution in [0.5, 0.6) is 0 Å². The summed E-state index contributed by atoms with van der Waals surface area (Å²) in [7, 11) is 0. The van der Waals surface area contributed by atoms with Gasteiger partial charge in [-0.1, -0.05) is 18.1 Å². The number of nitrogens with one attached hydrogen (secondary N) is 1. The molecule has 1 N–H and O–H groups in total. The molecule has 86 valence electrons. The smallest absolute Gasteiger partial charge is 0.138 e. The quantitative estimate of drug-likeness (QED) is 0.597. The van der Waals surface area contributed by atoms with Gasteiger partial charge in [-0.2, -0.15) is 0 Å². The summed E-state index contributed by atoms with van der Waals surface area (Å²) in [5.74, 6) is 5.41. The van der Waals surface area contributed by atoms with Gasteiger partial charge in [-0.3, -0.25) is 0 Å². The molecule has 3 rings (SSSR count). The number of hydrogen-bond acceptors (Lipinski definition) is 1. The van der Waals surface area contributed by atoms with Crippen LogP contribution < -0.4 is 0 Å². The van der Waals surface area contributed by atoms with E-state index in [0.29, 0.717) is 5.56 Å². The van der Waals surface area contributed by atoms with Gasteiger partial charge in [0, 0.05) is 11.6 Å². The van der Waals surface area contributed by atoms with Crippen molar-refractivity contribution in [1.29, 1.82) is 0 Å². The Hall–Kier alpha value is -2.60. The summed E-state index contributed by atoms with van der Waals surface area (Å²) in [5, 5.41) is 0.996. The Labute approximate surface area is 103 Å². The molecule has 0 atom stereocenters. The molecule has 3 aromatic rings. The number of pyridine rings is 1. The average Bonchev–Trinajstić information content (AvgIpc) is 2.80. The second kappa shape index (κ2) is 4.34. The zero-order chi connectivity index (χ0) is 12.4. The lowest BCUT2D eigenvalue weighted by atomic mass is 10.2. The number of fused-ring (bicyclic) bond motifs is 1. The van der Waals surface area contributed by atoms with Crippen molar-refractivity contribution in [3.8, 4) is 11.8 Å². The number of halogens is 1. The molecule has 0 fully saturated rings. The lowest BCUT2D eigenvalue weighted by Gasteiger charge is -1.90. The Morgan fingerprint density at radius 2 is 1.94 bits per heavy atom. The normalized spacial score (nSPS) is 10.1. The van der Waals surface area contributed by atoms with E-state index in [0.717, 1.165) is 16.7 Å². The summed E-state index contributed by atoms with van der Waals surface area (Å²) >= 11 is 0. The maximum absolute atomic E-state index is 13.4. The standard InChI is InChI=1S/C15H9FN2/c16-14-6-2-1-4-11(14)7-8-13-10-12-5-3-9-17-15(12)18-13/h1-6,9-10H,(H,17,18). The second-order valence-electron chi connectivity index (χ2n) is 3.85. The summed E-state index contributed by atoms with van der Waals surface area (Å²) in [6.07, 6.45) is 1.72. The van der Waals surface area contributed by atoms with Crippen LogP contribution in [0.3, 0.4) is 0 Å². The number of aromatic amines is 1. The highest BCUT2D eigenvalue weighted by molar-refractivity contribution is 5.77. The minimum absolute atomic E-state index is 0.306. The summed E-state index contributed by atoms with van der Waals surface area (Å²) in [4.78, 5) is 7.26. The Kier molecular flexibility index (Phi) is 2.54. The highest BCUT2D eigenvalue weighted by Crippen LogP contribution is 2.11. The minimum Gasteiger partial charge on any atom is -0.333 e. The fraction of sp³-hybridized carbons (Fsp3) is 0. The van der Waals surface area contributed by atoms with Gasteiger partial charge in [-0.05, 0) is 36.3 Å². The summed E-state index contributed by atoms with van der Waals surface area (Å²) in [6.45, 7) is 0. The predicted octanol–water partition coefficient (Wildman–Crippen LogP) is 3.10. The first-order valence-corrected chi connectivity index (χ1v) is 5.53. The molecule has 18 heavy (non-hydrogen) atoms. The fourth-order valence-corrected chi connectivity index (χ4v) is 1.72. The van der Waals surface area contributed by atoms with Gasteiger partial charge in [0.05, 0.1) is 11.3 Å². The third-order valence-corrected chi connectivity index (χ3v) is 2.60. The van der Waals surface area contributed by atoms with Crippen molar-refractivity contribution in [2.24, 2.45) is 0 Å². The molecule has 0 bridgehead atoms. The molecule has 2 heterocycles. The lowest BCUT2D eigenvalue weighted by molar-refractivity contribution is 0.624. The zero-order valence-electron chi connectivity index (χ0n) is 9.44. The van der Waals surface area contributed by atoms with Gasteiger partial charge in [0.1, 0.15) is 11.5 Å². The molecule has 0 aliphatic rings. The molecular weight excluding hydrogens is 227 g/mol. The Morgan fingerprint density at radius 1 is 1.06 bits per heavy atom. The van der Waals surface area contributed by atoms with Crippen molar-refractivity contribution in [2.45, 2.75) is 0 Å². The fourth-order valence-electron chi connectivity index (χ4n) is 1.72. The molecule has 0 aliphatic heterocycles. The number of aromatic nitrogens is 2. The molecule has 0 saturated carbocycles. The third-order valence-electron chi connectivity index (χ3n) is 2.60. The second-order valence-corrected chi connectivity index (χ2v) is 3.85. The highest BCUT2D eigenvalue weighted by atomic mass is 19.1. The van der Waals surface area contributed by atoms with E-state index in [1.54, 1.807) is 24.4 Å². The summed E-state index contributed by atoms with van der Waals surface area (Å²) in [5.41, 5.74) is 1.91. The van der Waals surface area contributed by atoms with E-state index in [9.17, 15) is 4.39 Å². The van der Waals surface area contributed by atoms with Crippen LogP contribution in [0.1, 0.15) is 11.3 Å². The molecular formula is C15H9FN2. The van der Waals surface area contributed by atoms with Crippen LogP contribution in [-0.4, -0.2) is 9.97 Å². The van der Waals surface area contributed by atoms with Crippen LogP contribution in [0.25, 0.3) is 11.0 Å². The van der Waals surface area contributed by atoms with E-state index in [4.69, 9.17) is 0 Å². The number of rotatable bonds is 0. The predicted molar refractivity (Wildman–Crippen MR) is 68.5 cm³/mol. The summed E-state index contributed by atoms with van der Waals surface area (Å²) in [6, 6.07) is 12.2. The van der Waals surface area contributed by atoms with E-state index in [1.165, 1.54) is 6.07 Å². The monoisotopic (exact) mass is 236 g/mol. The van der Waals surface area contributed by atoms with Gasteiger partial charge < -0.3 is 4.98 Å². The largest absolute Gasteiger partial charge is 0.333 e. The molecule has 0 unspecified atom stereocenters. The van der Waals surface area contributed by atoms with E-state index >= 15 is 0 Å². The van der Waals surface area contributed by atoms with Gasteiger partial charge in [0.2, 0.25) is 0 Å². The van der Waals surface area contributed by atoms with E-state index < -0.39 is 0 Å². The molecule has 0 radical (unpaired) electrons. The number of nitrogens with zero attached hydrogens (tertiary/aromatic N) is 1. The average molecular weight is 236 g/mol. The number of H-pyrrole nitrogens is 1. The number of hydrogen-bond donors (Lipinski definition) is 1. The third kappa shape index (κ3) is 1.96. The zero-order valence-corrected chi connectivity index (χ0v) is 9.44. The Balaban J connectivity index is 2.00. The SMILES string of the molecule is Fc1ccccc1C#Cc1cc2cccnc2[nH]1. The van der Waals surface area contributed by atoms with Crippen LogP contribution in [0, 0.1) is 17.7 Å². The molecule has 2 aromatic heterocycles. The van der Waals surface area contributed by atoms with Gasteiger partial charge in [0.15, 0.2) is 0 Å². The van der Waals surface area contributed by atoms with Gasteiger partial charge in [-0.15, -0.1) is 0 Å². The lowest BCUT2D eigenvalue weighted by Crippen LogP contribution is -1.81. The molecule has 0 amide bonds. The molecule has 2 nitrogen and oxygen atoms in total. The molecule has 1 aromatic carbocycles. The van der Waals surface area contributed by atoms with Crippen molar-refractivity contribution in [3.63, 3.8) is 0 Å². The first-order valence-electron chi connectivity index (χ1n) is 5.53. The molecule has 0 spiro atoms. The van der Waals surface area contributed by atoms with E-state index in [1.807, 2.05) is 18.2 Å².